The summed E-state index contributed by atoms with van der Waals surface area (Å²) < 4.78 is 4.86. The van der Waals surface area contributed by atoms with Gasteiger partial charge in [0.25, 0.3) is 0 Å². The molecule has 0 aromatic heterocycles. The van der Waals surface area contributed by atoms with Crippen molar-refractivity contribution in [3.8, 4) is 0 Å². The molecular weight excluding hydrogens is 152 g/mol. The normalized spacial score (nSPS) is 9.83. The summed E-state index contributed by atoms with van der Waals surface area (Å²) in [5.74, 6) is 0. The lowest BCUT2D eigenvalue weighted by molar-refractivity contribution is 0.221. The van der Waals surface area contributed by atoms with E-state index in [4.69, 9.17) is 10.5 Å². The lowest BCUT2D eigenvalue weighted by Crippen LogP contribution is -2.05. The Morgan fingerprint density at radius 2 is 2.25 bits per heavy atom. The summed E-state index contributed by atoms with van der Waals surface area (Å²) in [6.45, 7) is 2.49. The third kappa shape index (κ3) is 2.13. The number of ether oxygens (including phenoxy) is 1. The molecule has 66 valence electrons. The van der Waals surface area contributed by atoms with Crippen molar-refractivity contribution in [1.29, 1.82) is 0 Å². The number of benzene rings is 1. The van der Waals surface area contributed by atoms with Crippen LogP contribution in [-0.2, 0) is 4.74 Å². The molecule has 1 aromatic rings. The lowest BCUT2D eigenvalue weighted by atomic mass is 10.2. The first kappa shape index (κ1) is 8.87. The maximum absolute atomic E-state index is 5.74. The lowest BCUT2D eigenvalue weighted by Gasteiger charge is -2.08. The fourth-order valence-electron chi connectivity index (χ4n) is 0.993. The van der Waals surface area contributed by atoms with E-state index in [1.807, 2.05) is 25.1 Å². The fourth-order valence-corrected chi connectivity index (χ4v) is 0.993. The van der Waals surface area contributed by atoms with Gasteiger partial charge in [0.15, 0.2) is 0 Å². The van der Waals surface area contributed by atoms with Crippen LogP contribution in [0.25, 0.3) is 0 Å². The van der Waals surface area contributed by atoms with Gasteiger partial charge in [-0.1, -0.05) is 6.07 Å². The first-order chi connectivity index (χ1) is 5.74. The van der Waals surface area contributed by atoms with E-state index in [0.29, 0.717) is 6.73 Å². The van der Waals surface area contributed by atoms with Crippen LogP contribution in [0.4, 0.5) is 11.4 Å². The molecule has 3 heteroatoms. The number of anilines is 2. The van der Waals surface area contributed by atoms with Crippen LogP contribution in [0.1, 0.15) is 5.56 Å². The zero-order valence-corrected chi connectivity index (χ0v) is 7.42. The summed E-state index contributed by atoms with van der Waals surface area (Å²) in [5.41, 5.74) is 8.58. The van der Waals surface area contributed by atoms with Crippen molar-refractivity contribution in [2.75, 3.05) is 24.9 Å². The molecule has 0 unspecified atom stereocenters. The van der Waals surface area contributed by atoms with E-state index < -0.39 is 0 Å². The Balaban J connectivity index is 2.72. The number of methoxy groups -OCH3 is 1. The molecule has 0 saturated carbocycles. The van der Waals surface area contributed by atoms with Crippen LogP contribution in [0.15, 0.2) is 18.2 Å². The molecule has 0 spiro atoms. The van der Waals surface area contributed by atoms with Gasteiger partial charge < -0.3 is 15.8 Å². The second-order valence-corrected chi connectivity index (χ2v) is 2.70. The molecule has 0 bridgehead atoms. The fraction of sp³-hybridized carbons (Fsp3) is 0.333. The zero-order valence-electron chi connectivity index (χ0n) is 7.42. The van der Waals surface area contributed by atoms with Crippen molar-refractivity contribution < 1.29 is 4.74 Å². The van der Waals surface area contributed by atoms with Crippen molar-refractivity contribution in [2.24, 2.45) is 0 Å². The van der Waals surface area contributed by atoms with Gasteiger partial charge in [-0.2, -0.15) is 0 Å². The van der Waals surface area contributed by atoms with Gasteiger partial charge >= 0.3 is 0 Å². The van der Waals surface area contributed by atoms with Crippen molar-refractivity contribution in [2.45, 2.75) is 6.92 Å². The average molecular weight is 166 g/mol. The monoisotopic (exact) mass is 166 g/mol. The molecular formula is C9H14N2O. The largest absolute Gasteiger partial charge is 0.397 e. The van der Waals surface area contributed by atoms with Crippen molar-refractivity contribution in [1.82, 2.24) is 0 Å². The Morgan fingerprint density at radius 3 is 2.83 bits per heavy atom. The van der Waals surface area contributed by atoms with E-state index in [2.05, 4.69) is 5.32 Å². The SMILES string of the molecule is COCNc1ccc(C)cc1N. The van der Waals surface area contributed by atoms with E-state index in [-0.39, 0.29) is 0 Å². The highest BCUT2D eigenvalue weighted by Crippen LogP contribution is 2.18. The Morgan fingerprint density at radius 1 is 1.50 bits per heavy atom. The Hall–Kier alpha value is -1.22. The van der Waals surface area contributed by atoms with Gasteiger partial charge in [0.2, 0.25) is 0 Å². The van der Waals surface area contributed by atoms with Crippen LogP contribution in [-0.4, -0.2) is 13.8 Å². The third-order valence-corrected chi connectivity index (χ3v) is 1.61. The molecule has 0 aliphatic carbocycles. The second kappa shape index (κ2) is 3.97. The molecule has 0 radical (unpaired) electrons. The molecule has 3 nitrogen and oxygen atoms in total. The van der Waals surface area contributed by atoms with Gasteiger partial charge in [-0.3, -0.25) is 0 Å². The van der Waals surface area contributed by atoms with Gasteiger partial charge in [-0.25, -0.2) is 0 Å². The van der Waals surface area contributed by atoms with Gasteiger partial charge in [0, 0.05) is 7.11 Å². The van der Waals surface area contributed by atoms with Gasteiger partial charge in [0.05, 0.1) is 11.4 Å². The van der Waals surface area contributed by atoms with Gasteiger partial charge in [-0.15, -0.1) is 0 Å². The molecule has 0 amide bonds. The van der Waals surface area contributed by atoms with Gasteiger partial charge in [-0.05, 0) is 24.6 Å². The van der Waals surface area contributed by atoms with E-state index >= 15 is 0 Å². The molecule has 1 rings (SSSR count). The number of hydrogen-bond acceptors (Lipinski definition) is 3. The van der Waals surface area contributed by atoms with Crippen molar-refractivity contribution >= 4 is 11.4 Å². The maximum atomic E-state index is 5.74. The van der Waals surface area contributed by atoms with Crippen molar-refractivity contribution in [3.63, 3.8) is 0 Å². The topological polar surface area (TPSA) is 47.3 Å². The van der Waals surface area contributed by atoms with Crippen LogP contribution in [0.2, 0.25) is 0 Å². The molecule has 0 heterocycles. The van der Waals surface area contributed by atoms with Crippen LogP contribution in [0, 0.1) is 6.92 Å². The van der Waals surface area contributed by atoms with E-state index in [1.165, 1.54) is 0 Å². The predicted octanol–water partition coefficient (Wildman–Crippen LogP) is 1.59. The Labute approximate surface area is 72.5 Å². The number of nitrogens with two attached hydrogens (primary N) is 1. The molecule has 12 heavy (non-hydrogen) atoms. The smallest absolute Gasteiger partial charge is 0.116 e. The average Bonchev–Trinajstić information content (AvgIpc) is 2.03. The van der Waals surface area contributed by atoms with Crippen LogP contribution in [0.5, 0.6) is 0 Å². The number of nitrogen functional groups attached to an aromatic ring is 1. The van der Waals surface area contributed by atoms with Gasteiger partial charge in [0.1, 0.15) is 6.73 Å². The highest BCUT2D eigenvalue weighted by molar-refractivity contribution is 5.66. The minimum absolute atomic E-state index is 0.479. The summed E-state index contributed by atoms with van der Waals surface area (Å²) in [6, 6.07) is 5.88. The summed E-state index contributed by atoms with van der Waals surface area (Å²) in [7, 11) is 1.64. The van der Waals surface area contributed by atoms with E-state index in [0.717, 1.165) is 16.9 Å². The molecule has 0 aliphatic rings. The van der Waals surface area contributed by atoms with Crippen molar-refractivity contribution in [3.05, 3.63) is 23.8 Å². The quantitative estimate of drug-likeness (QED) is 0.529. The number of aryl methyl sites for hydroxylation is 1. The minimum atomic E-state index is 0.479. The third-order valence-electron chi connectivity index (χ3n) is 1.61. The van der Waals surface area contributed by atoms with Crippen LogP contribution in [0.3, 0.4) is 0 Å². The number of hydrogen-bond donors (Lipinski definition) is 2. The van der Waals surface area contributed by atoms with Crippen LogP contribution >= 0.6 is 0 Å². The molecule has 0 fully saturated rings. The summed E-state index contributed by atoms with van der Waals surface area (Å²) in [4.78, 5) is 0. The van der Waals surface area contributed by atoms with E-state index in [1.54, 1.807) is 7.11 Å². The first-order valence-electron chi connectivity index (χ1n) is 3.83. The highest BCUT2D eigenvalue weighted by atomic mass is 16.5. The van der Waals surface area contributed by atoms with Crippen LogP contribution < -0.4 is 11.1 Å². The standard InChI is InChI=1S/C9H14N2O/c1-7-3-4-9(8(10)5-7)11-6-12-2/h3-5,11H,6,10H2,1-2H3. The Kier molecular flexibility index (Phi) is 2.94. The van der Waals surface area contributed by atoms with E-state index in [9.17, 15) is 0 Å². The Bertz CT molecular complexity index is 261. The number of nitrogens with one attached hydrogen (secondary N) is 1. The highest BCUT2D eigenvalue weighted by Gasteiger charge is 1.96. The molecule has 0 atom stereocenters. The molecule has 0 aliphatic heterocycles. The maximum Gasteiger partial charge on any atom is 0.116 e. The number of rotatable bonds is 3. The molecule has 0 saturated heterocycles. The summed E-state index contributed by atoms with van der Waals surface area (Å²) in [6.07, 6.45) is 0. The second-order valence-electron chi connectivity index (χ2n) is 2.70. The predicted molar refractivity (Wildman–Crippen MR) is 51.1 cm³/mol. The summed E-state index contributed by atoms with van der Waals surface area (Å²) >= 11 is 0. The molecule has 1 aromatic carbocycles. The first-order valence-corrected chi connectivity index (χ1v) is 3.83. The molecule has 3 N–H and O–H groups in total. The summed E-state index contributed by atoms with van der Waals surface area (Å²) in [5, 5.41) is 3.04. The minimum Gasteiger partial charge on any atom is -0.397 e. The zero-order chi connectivity index (χ0) is 8.97.